The van der Waals surface area contributed by atoms with Crippen LogP contribution in [0.15, 0.2) is 77.6 Å². The Hall–Kier alpha value is -3.42. The van der Waals surface area contributed by atoms with Gasteiger partial charge in [0.1, 0.15) is 4.90 Å². The number of sulfonamides is 1. The fourth-order valence-electron chi connectivity index (χ4n) is 4.17. The molecule has 1 N–H and O–H groups in total. The summed E-state index contributed by atoms with van der Waals surface area (Å²) >= 11 is 12.4. The van der Waals surface area contributed by atoms with Crippen LogP contribution in [0.4, 0.5) is 0 Å². The lowest BCUT2D eigenvalue weighted by atomic mass is 9.93. The second-order valence-electron chi connectivity index (χ2n) is 8.37. The third kappa shape index (κ3) is 5.08. The smallest absolute Gasteiger partial charge is 0.265 e. The molecule has 7 nitrogen and oxygen atoms in total. The summed E-state index contributed by atoms with van der Waals surface area (Å²) in [5, 5.41) is 6.26. The quantitative estimate of drug-likeness (QED) is 0.279. The van der Waals surface area contributed by atoms with Gasteiger partial charge in [-0.1, -0.05) is 47.5 Å². The van der Waals surface area contributed by atoms with Crippen LogP contribution in [0.2, 0.25) is 10.0 Å². The molecular formula is C26H20Cl2N4O3S. The maximum Gasteiger partial charge on any atom is 0.265 e. The van der Waals surface area contributed by atoms with Gasteiger partial charge in [-0.2, -0.15) is 5.10 Å². The van der Waals surface area contributed by atoms with Crippen molar-refractivity contribution in [2.24, 2.45) is 0 Å². The molecule has 182 valence electrons. The van der Waals surface area contributed by atoms with Gasteiger partial charge in [-0.05, 0) is 54.7 Å². The van der Waals surface area contributed by atoms with Gasteiger partial charge in [0.2, 0.25) is 0 Å². The van der Waals surface area contributed by atoms with E-state index in [2.05, 4.69) is 20.5 Å². The number of pyridine rings is 1. The number of hydrogen-bond acceptors (Lipinski definition) is 5. The van der Waals surface area contributed by atoms with Gasteiger partial charge in [-0.25, -0.2) is 13.1 Å². The fraction of sp³-hybridized carbons (Fsp3) is 0.154. The highest BCUT2D eigenvalue weighted by molar-refractivity contribution is 7.90. The molecule has 1 amide bonds. The topological polar surface area (TPSA) is 94.0 Å². The number of halogens is 2. The first kappa shape index (κ1) is 24.3. The lowest BCUT2D eigenvalue weighted by molar-refractivity contribution is -0.114. The van der Waals surface area contributed by atoms with Crippen LogP contribution in [-0.4, -0.2) is 29.1 Å². The number of nitrogens with zero attached hydrogens (tertiary/aromatic N) is 3. The van der Waals surface area contributed by atoms with E-state index >= 15 is 0 Å². The lowest BCUT2D eigenvalue weighted by Crippen LogP contribution is -2.29. The molecule has 0 saturated carbocycles. The molecule has 36 heavy (non-hydrogen) atoms. The van der Waals surface area contributed by atoms with E-state index in [1.165, 1.54) is 12.3 Å². The summed E-state index contributed by atoms with van der Waals surface area (Å²) in [5.41, 5.74) is 7.20. The number of benzene rings is 2. The number of para-hydroxylation sites is 1. The van der Waals surface area contributed by atoms with Crippen molar-refractivity contribution in [2.45, 2.75) is 30.7 Å². The van der Waals surface area contributed by atoms with E-state index in [1.807, 2.05) is 16.8 Å². The highest BCUT2D eigenvalue weighted by Gasteiger charge is 2.21. The van der Waals surface area contributed by atoms with Crippen molar-refractivity contribution in [1.82, 2.24) is 19.5 Å². The summed E-state index contributed by atoms with van der Waals surface area (Å²) in [6.45, 7) is 0.423. The second kappa shape index (κ2) is 9.91. The van der Waals surface area contributed by atoms with Crippen LogP contribution >= 0.6 is 23.2 Å². The Labute approximate surface area is 218 Å². The maximum absolute atomic E-state index is 12.7. The van der Waals surface area contributed by atoms with Crippen molar-refractivity contribution in [3.8, 4) is 0 Å². The second-order valence-corrected chi connectivity index (χ2v) is 10.9. The Morgan fingerprint density at radius 3 is 2.78 bits per heavy atom. The predicted octanol–water partition coefficient (Wildman–Crippen LogP) is 5.17. The average molecular weight is 539 g/mol. The summed E-state index contributed by atoms with van der Waals surface area (Å²) in [7, 11) is -4.10. The lowest BCUT2D eigenvalue weighted by Gasteiger charge is -2.16. The Balaban J connectivity index is 1.40. The molecule has 2 aromatic heterocycles. The Kier molecular flexibility index (Phi) is 6.69. The van der Waals surface area contributed by atoms with Crippen LogP contribution in [0.25, 0.3) is 16.5 Å². The van der Waals surface area contributed by atoms with E-state index in [0.29, 0.717) is 33.9 Å². The predicted molar refractivity (Wildman–Crippen MR) is 139 cm³/mol. The van der Waals surface area contributed by atoms with Crippen molar-refractivity contribution >= 4 is 55.6 Å². The molecule has 0 saturated heterocycles. The van der Waals surface area contributed by atoms with E-state index < -0.39 is 15.9 Å². The van der Waals surface area contributed by atoms with Crippen LogP contribution in [0.5, 0.6) is 0 Å². The highest BCUT2D eigenvalue weighted by Crippen LogP contribution is 2.31. The minimum Gasteiger partial charge on any atom is -0.268 e. The van der Waals surface area contributed by atoms with Gasteiger partial charge in [0.05, 0.1) is 24.0 Å². The number of carbonyl (C=O) groups is 1. The fourth-order valence-corrected chi connectivity index (χ4v) is 5.56. The zero-order valence-electron chi connectivity index (χ0n) is 18.9. The number of rotatable bonds is 5. The van der Waals surface area contributed by atoms with Gasteiger partial charge >= 0.3 is 0 Å². The molecule has 0 spiro atoms. The minimum atomic E-state index is -4.10. The largest absolute Gasteiger partial charge is 0.268 e. The molecule has 0 fully saturated rings. The van der Waals surface area contributed by atoms with E-state index in [9.17, 15) is 13.2 Å². The molecule has 0 aliphatic heterocycles. The first-order valence-corrected chi connectivity index (χ1v) is 13.4. The number of fused-ring (bicyclic) bond motifs is 2. The molecule has 4 aromatic rings. The zero-order valence-corrected chi connectivity index (χ0v) is 21.2. The van der Waals surface area contributed by atoms with Crippen LogP contribution < -0.4 is 4.72 Å². The molecule has 0 radical (unpaired) electrons. The first-order chi connectivity index (χ1) is 17.3. The zero-order chi connectivity index (χ0) is 25.3. The van der Waals surface area contributed by atoms with Gasteiger partial charge in [-0.3, -0.25) is 14.5 Å². The number of aryl methyl sites for hydroxylation is 1. The van der Waals surface area contributed by atoms with Gasteiger partial charge < -0.3 is 0 Å². The Morgan fingerprint density at radius 1 is 1.11 bits per heavy atom. The minimum absolute atomic E-state index is 0.0894. The molecule has 2 aromatic carbocycles. The molecular weight excluding hydrogens is 519 g/mol. The van der Waals surface area contributed by atoms with E-state index in [0.717, 1.165) is 41.3 Å². The maximum atomic E-state index is 12.7. The molecule has 5 rings (SSSR count). The van der Waals surface area contributed by atoms with E-state index in [1.54, 1.807) is 36.5 Å². The van der Waals surface area contributed by atoms with Crippen LogP contribution in [0, 0.1) is 0 Å². The van der Waals surface area contributed by atoms with Crippen LogP contribution in [-0.2, 0) is 27.8 Å². The summed E-state index contributed by atoms with van der Waals surface area (Å²) in [6.07, 6.45) is 6.55. The van der Waals surface area contributed by atoms with Crippen LogP contribution in [0.1, 0.15) is 29.7 Å². The third-order valence-electron chi connectivity index (χ3n) is 5.90. The number of nitrogens with one attached hydrogen (secondary N) is 1. The summed E-state index contributed by atoms with van der Waals surface area (Å²) in [4.78, 5) is 16.6. The Morgan fingerprint density at radius 2 is 1.94 bits per heavy atom. The summed E-state index contributed by atoms with van der Waals surface area (Å²) < 4.78 is 29.4. The van der Waals surface area contributed by atoms with E-state index in [4.69, 9.17) is 23.2 Å². The molecule has 0 bridgehead atoms. The standard InChI is InChI=1S/C26H20Cl2N4O3S/c27-21-10-8-20(23(28)13-21)16-32-26-17(5-3-6-19(26)14-30-32)9-11-25(33)31-36(34,35)22-12-18-4-1-2-7-24(18)29-15-22/h1-2,4,7-8,10-15H,3,5-6,16H2,(H,31,33). The van der Waals surface area contributed by atoms with Crippen molar-refractivity contribution < 1.29 is 13.2 Å². The van der Waals surface area contributed by atoms with Gasteiger partial charge in [-0.15, -0.1) is 5.73 Å². The van der Waals surface area contributed by atoms with Gasteiger partial charge in [0.25, 0.3) is 15.9 Å². The summed E-state index contributed by atoms with van der Waals surface area (Å²) in [6, 6.07) is 13.9. The number of hydrogen-bond donors (Lipinski definition) is 1. The molecule has 0 unspecified atom stereocenters. The average Bonchev–Trinajstić information content (AvgIpc) is 3.27. The normalized spacial score (nSPS) is 13.2. The Bertz CT molecular complexity index is 1670. The summed E-state index contributed by atoms with van der Waals surface area (Å²) in [5.74, 6) is -0.797. The van der Waals surface area contributed by atoms with Gasteiger partial charge in [0, 0.05) is 33.3 Å². The molecule has 1 aliphatic rings. The van der Waals surface area contributed by atoms with Crippen molar-refractivity contribution in [2.75, 3.05) is 0 Å². The number of carbonyl (C=O) groups excluding carboxylic acids is 1. The van der Waals surface area contributed by atoms with Crippen molar-refractivity contribution in [3.63, 3.8) is 0 Å². The van der Waals surface area contributed by atoms with Crippen molar-refractivity contribution in [1.29, 1.82) is 0 Å². The SMILES string of the molecule is O=C(C=C=C1CCCc2cnn(Cc3ccc(Cl)cc3Cl)c21)NS(=O)(=O)c1cnc2ccccc2c1. The van der Waals surface area contributed by atoms with Crippen molar-refractivity contribution in [3.05, 3.63) is 99.6 Å². The highest BCUT2D eigenvalue weighted by atomic mass is 35.5. The number of aromatic nitrogens is 3. The first-order valence-electron chi connectivity index (χ1n) is 11.2. The molecule has 1 aliphatic carbocycles. The monoisotopic (exact) mass is 538 g/mol. The number of amides is 1. The van der Waals surface area contributed by atoms with Gasteiger partial charge in [0.15, 0.2) is 0 Å². The molecule has 2 heterocycles. The molecule has 10 heteroatoms. The van der Waals surface area contributed by atoms with E-state index in [-0.39, 0.29) is 4.90 Å². The molecule has 0 atom stereocenters. The third-order valence-corrected chi connectivity index (χ3v) is 7.80. The van der Waals surface area contributed by atoms with Crippen LogP contribution in [0.3, 0.4) is 0 Å².